The van der Waals surface area contributed by atoms with Crippen LogP contribution in [0.3, 0.4) is 0 Å². The number of methoxy groups -OCH3 is 2. The monoisotopic (exact) mass is 358 g/mol. The quantitative estimate of drug-likeness (QED) is 0.892. The minimum Gasteiger partial charge on any atom is -0.493 e. The Kier molecular flexibility index (Phi) is 5.61. The van der Waals surface area contributed by atoms with E-state index in [1.807, 2.05) is 6.07 Å². The number of ether oxygens (including phenoxy) is 2. The molecular weight excluding hydrogens is 335 g/mol. The van der Waals surface area contributed by atoms with E-state index in [-0.39, 0.29) is 17.8 Å². The standard InChI is InChI=1S/C20H23FN2O3/c1-25-18-10-4-9-17(19(18)26-2)20(24)22-15-7-5-11-23(13-15)16-8-3-6-14(21)12-16/h3-4,6,8-10,12,15H,5,7,11,13H2,1-2H3,(H,22,24). The molecule has 1 saturated heterocycles. The van der Waals surface area contributed by atoms with Crippen LogP contribution in [0.2, 0.25) is 0 Å². The Bertz CT molecular complexity index is 781. The van der Waals surface area contributed by atoms with Crippen molar-refractivity contribution < 1.29 is 18.7 Å². The number of nitrogens with zero attached hydrogens (tertiary/aromatic N) is 1. The van der Waals surface area contributed by atoms with Gasteiger partial charge < -0.3 is 19.7 Å². The van der Waals surface area contributed by atoms with E-state index in [9.17, 15) is 9.18 Å². The van der Waals surface area contributed by atoms with Gasteiger partial charge in [-0.2, -0.15) is 0 Å². The Balaban J connectivity index is 1.72. The second kappa shape index (κ2) is 8.08. The zero-order valence-electron chi connectivity index (χ0n) is 15.0. The predicted molar refractivity (Wildman–Crippen MR) is 98.6 cm³/mol. The lowest BCUT2D eigenvalue weighted by atomic mass is 10.0. The summed E-state index contributed by atoms with van der Waals surface area (Å²) in [6.07, 6.45) is 1.81. The number of benzene rings is 2. The van der Waals surface area contributed by atoms with Gasteiger partial charge in [0, 0.05) is 24.8 Å². The molecule has 1 aliphatic rings. The molecule has 0 saturated carbocycles. The molecule has 2 aromatic rings. The molecule has 1 unspecified atom stereocenters. The molecule has 1 aliphatic heterocycles. The number of amides is 1. The van der Waals surface area contributed by atoms with E-state index in [2.05, 4.69) is 10.2 Å². The molecule has 0 bridgehead atoms. The van der Waals surface area contributed by atoms with Gasteiger partial charge in [-0.15, -0.1) is 0 Å². The van der Waals surface area contributed by atoms with Crippen molar-refractivity contribution in [3.8, 4) is 11.5 Å². The van der Waals surface area contributed by atoms with Crippen molar-refractivity contribution in [1.82, 2.24) is 5.32 Å². The van der Waals surface area contributed by atoms with E-state index in [4.69, 9.17) is 9.47 Å². The lowest BCUT2D eigenvalue weighted by Gasteiger charge is -2.34. The zero-order valence-corrected chi connectivity index (χ0v) is 15.0. The van der Waals surface area contributed by atoms with Gasteiger partial charge in [0.25, 0.3) is 5.91 Å². The highest BCUT2D eigenvalue weighted by atomic mass is 19.1. The maximum absolute atomic E-state index is 13.5. The number of anilines is 1. The molecule has 138 valence electrons. The van der Waals surface area contributed by atoms with Crippen molar-refractivity contribution in [3.63, 3.8) is 0 Å². The third-order valence-corrected chi connectivity index (χ3v) is 4.58. The van der Waals surface area contributed by atoms with Gasteiger partial charge in [-0.3, -0.25) is 4.79 Å². The van der Waals surface area contributed by atoms with Crippen molar-refractivity contribution in [2.24, 2.45) is 0 Å². The number of carbonyl (C=O) groups excluding carboxylic acids is 1. The summed E-state index contributed by atoms with van der Waals surface area (Å²) in [6.45, 7) is 1.49. The second-order valence-corrected chi connectivity index (χ2v) is 6.28. The minimum absolute atomic E-state index is 0.0181. The minimum atomic E-state index is -0.255. The van der Waals surface area contributed by atoms with Gasteiger partial charge >= 0.3 is 0 Å². The first kappa shape index (κ1) is 18.0. The molecule has 1 heterocycles. The van der Waals surface area contributed by atoms with E-state index >= 15 is 0 Å². The summed E-state index contributed by atoms with van der Waals surface area (Å²) in [7, 11) is 3.05. The first-order valence-electron chi connectivity index (χ1n) is 8.64. The smallest absolute Gasteiger partial charge is 0.255 e. The predicted octanol–water partition coefficient (Wildman–Crippen LogP) is 3.24. The average molecular weight is 358 g/mol. The Labute approximate surface area is 152 Å². The number of halogens is 1. The topological polar surface area (TPSA) is 50.8 Å². The van der Waals surface area contributed by atoms with Gasteiger partial charge in [-0.1, -0.05) is 12.1 Å². The van der Waals surface area contributed by atoms with Crippen LogP contribution in [-0.4, -0.2) is 39.3 Å². The molecule has 1 fully saturated rings. The van der Waals surface area contributed by atoms with Crippen molar-refractivity contribution in [2.45, 2.75) is 18.9 Å². The number of hydrogen-bond donors (Lipinski definition) is 1. The molecule has 1 amide bonds. The summed E-state index contributed by atoms with van der Waals surface area (Å²) < 4.78 is 24.1. The highest BCUT2D eigenvalue weighted by Gasteiger charge is 2.24. The largest absolute Gasteiger partial charge is 0.493 e. The molecule has 0 radical (unpaired) electrons. The van der Waals surface area contributed by atoms with Crippen LogP contribution in [0.1, 0.15) is 23.2 Å². The van der Waals surface area contributed by atoms with Gasteiger partial charge in [-0.25, -0.2) is 4.39 Å². The Morgan fingerprint density at radius 3 is 2.73 bits per heavy atom. The highest BCUT2D eigenvalue weighted by Crippen LogP contribution is 2.31. The van der Waals surface area contributed by atoms with Crippen LogP contribution < -0.4 is 19.7 Å². The molecule has 2 aromatic carbocycles. The van der Waals surface area contributed by atoms with E-state index in [1.54, 1.807) is 24.3 Å². The van der Waals surface area contributed by atoms with Crippen LogP contribution >= 0.6 is 0 Å². The van der Waals surface area contributed by atoms with E-state index in [0.29, 0.717) is 23.6 Å². The lowest BCUT2D eigenvalue weighted by Crippen LogP contribution is -2.47. The zero-order chi connectivity index (χ0) is 18.5. The first-order chi connectivity index (χ1) is 12.6. The van der Waals surface area contributed by atoms with Crippen molar-refractivity contribution in [3.05, 3.63) is 53.8 Å². The second-order valence-electron chi connectivity index (χ2n) is 6.28. The summed E-state index contributed by atoms with van der Waals surface area (Å²) in [5.41, 5.74) is 1.28. The fourth-order valence-corrected chi connectivity index (χ4v) is 3.33. The fraction of sp³-hybridized carbons (Fsp3) is 0.350. The van der Waals surface area contributed by atoms with Crippen LogP contribution in [0.4, 0.5) is 10.1 Å². The van der Waals surface area contributed by atoms with E-state index in [1.165, 1.54) is 26.4 Å². The summed E-state index contributed by atoms with van der Waals surface area (Å²) in [4.78, 5) is 14.8. The fourth-order valence-electron chi connectivity index (χ4n) is 3.33. The molecule has 1 N–H and O–H groups in total. The molecule has 5 nitrogen and oxygen atoms in total. The number of hydrogen-bond acceptors (Lipinski definition) is 4. The van der Waals surface area contributed by atoms with Crippen LogP contribution in [0, 0.1) is 5.82 Å². The van der Waals surface area contributed by atoms with Gasteiger partial charge in [-0.05, 0) is 43.2 Å². The number of nitrogens with one attached hydrogen (secondary N) is 1. The van der Waals surface area contributed by atoms with Gasteiger partial charge in [0.05, 0.1) is 19.8 Å². The Morgan fingerprint density at radius 1 is 1.19 bits per heavy atom. The molecular formula is C20H23FN2O3. The maximum atomic E-state index is 13.5. The van der Waals surface area contributed by atoms with Gasteiger partial charge in [0.2, 0.25) is 0 Å². The van der Waals surface area contributed by atoms with Crippen molar-refractivity contribution >= 4 is 11.6 Å². The molecule has 26 heavy (non-hydrogen) atoms. The number of para-hydroxylation sites is 1. The van der Waals surface area contributed by atoms with Crippen LogP contribution in [0.25, 0.3) is 0 Å². The van der Waals surface area contributed by atoms with Gasteiger partial charge in [0.15, 0.2) is 11.5 Å². The third kappa shape index (κ3) is 3.90. The van der Waals surface area contributed by atoms with Crippen LogP contribution in [0.15, 0.2) is 42.5 Å². The van der Waals surface area contributed by atoms with Crippen LogP contribution in [-0.2, 0) is 0 Å². The summed E-state index contributed by atoms with van der Waals surface area (Å²) in [6, 6.07) is 11.8. The maximum Gasteiger partial charge on any atom is 0.255 e. The Hall–Kier alpha value is -2.76. The van der Waals surface area contributed by atoms with Crippen molar-refractivity contribution in [1.29, 1.82) is 0 Å². The lowest BCUT2D eigenvalue weighted by molar-refractivity contribution is 0.0929. The summed E-state index contributed by atoms with van der Waals surface area (Å²) in [5.74, 6) is 0.483. The SMILES string of the molecule is COc1cccc(C(=O)NC2CCCN(c3cccc(F)c3)C2)c1OC. The highest BCUT2D eigenvalue weighted by molar-refractivity contribution is 5.98. The average Bonchev–Trinajstić information content (AvgIpc) is 2.67. The number of rotatable bonds is 5. The number of carbonyl (C=O) groups is 1. The molecule has 0 aliphatic carbocycles. The normalized spacial score (nSPS) is 16.9. The van der Waals surface area contributed by atoms with E-state index < -0.39 is 0 Å². The molecule has 0 spiro atoms. The van der Waals surface area contributed by atoms with E-state index in [0.717, 1.165) is 25.1 Å². The Morgan fingerprint density at radius 2 is 2.00 bits per heavy atom. The molecule has 3 rings (SSSR count). The number of piperidine rings is 1. The van der Waals surface area contributed by atoms with Crippen LogP contribution in [0.5, 0.6) is 11.5 Å². The third-order valence-electron chi connectivity index (χ3n) is 4.58. The van der Waals surface area contributed by atoms with Crippen molar-refractivity contribution in [2.75, 3.05) is 32.2 Å². The summed E-state index contributed by atoms with van der Waals surface area (Å²) in [5, 5.41) is 3.07. The molecule has 1 atom stereocenters. The molecule has 6 heteroatoms. The first-order valence-corrected chi connectivity index (χ1v) is 8.64. The van der Waals surface area contributed by atoms with Gasteiger partial charge in [0.1, 0.15) is 5.82 Å². The molecule has 0 aromatic heterocycles. The summed E-state index contributed by atoms with van der Waals surface area (Å²) >= 11 is 0.